The van der Waals surface area contributed by atoms with Crippen LogP contribution in [0.1, 0.15) is 6.92 Å². The van der Waals surface area contributed by atoms with Gasteiger partial charge in [-0.15, -0.1) is 11.3 Å². The van der Waals surface area contributed by atoms with Gasteiger partial charge in [0.05, 0.1) is 11.9 Å². The van der Waals surface area contributed by atoms with Gasteiger partial charge in [0.25, 0.3) is 5.56 Å². The van der Waals surface area contributed by atoms with Gasteiger partial charge in [0.2, 0.25) is 11.8 Å². The van der Waals surface area contributed by atoms with Gasteiger partial charge in [-0.3, -0.25) is 23.6 Å². The molecule has 4 rings (SSSR count). The summed E-state index contributed by atoms with van der Waals surface area (Å²) in [5, 5.41) is 12.0. The van der Waals surface area contributed by atoms with Crippen LogP contribution in [-0.2, 0) is 23.2 Å². The second kappa shape index (κ2) is 7.87. The number of anilines is 2. The summed E-state index contributed by atoms with van der Waals surface area (Å²) in [5.74, 6) is -0.526. The van der Waals surface area contributed by atoms with Crippen LogP contribution in [0.15, 0.2) is 47.0 Å². The highest BCUT2D eigenvalue weighted by atomic mass is 32.1. The number of carbonyl (C=O) groups excluding carboxylic acids is 2. The van der Waals surface area contributed by atoms with Crippen molar-refractivity contribution in [2.75, 3.05) is 10.6 Å². The van der Waals surface area contributed by atoms with Crippen molar-refractivity contribution in [3.05, 3.63) is 52.5 Å². The smallest absolute Gasteiger partial charge is 0.264 e. The molecule has 0 radical (unpaired) electrons. The molecule has 3 heterocycles. The van der Waals surface area contributed by atoms with Crippen LogP contribution < -0.4 is 16.2 Å². The fourth-order valence-corrected chi connectivity index (χ4v) is 3.62. The molecular formula is C19H17N7O3S. The van der Waals surface area contributed by atoms with E-state index >= 15 is 0 Å². The van der Waals surface area contributed by atoms with Crippen LogP contribution in [0.25, 0.3) is 22.3 Å². The number of aromatic nitrogens is 5. The highest BCUT2D eigenvalue weighted by Crippen LogP contribution is 2.26. The van der Waals surface area contributed by atoms with Crippen molar-refractivity contribution in [1.82, 2.24) is 24.3 Å². The first kappa shape index (κ1) is 19.5. The number of hydrogen-bond acceptors (Lipinski definition) is 7. The molecule has 0 unspecified atom stereocenters. The summed E-state index contributed by atoms with van der Waals surface area (Å²) in [6.45, 7) is 1.26. The van der Waals surface area contributed by atoms with E-state index in [0.29, 0.717) is 27.5 Å². The topological polar surface area (TPSA) is 124 Å². The quantitative estimate of drug-likeness (QED) is 0.505. The van der Waals surface area contributed by atoms with E-state index in [-0.39, 0.29) is 23.9 Å². The Hall–Kier alpha value is -3.86. The largest absolute Gasteiger partial charge is 0.326 e. The van der Waals surface area contributed by atoms with E-state index in [4.69, 9.17) is 0 Å². The molecule has 0 spiro atoms. The lowest BCUT2D eigenvalue weighted by atomic mass is 10.1. The molecule has 11 heteroatoms. The molecule has 30 heavy (non-hydrogen) atoms. The Morgan fingerprint density at radius 1 is 1.17 bits per heavy atom. The Balaban J connectivity index is 1.45. The van der Waals surface area contributed by atoms with Crippen molar-refractivity contribution in [2.45, 2.75) is 13.5 Å². The summed E-state index contributed by atoms with van der Waals surface area (Å²) >= 11 is 1.28. The van der Waals surface area contributed by atoms with Gasteiger partial charge in [0.1, 0.15) is 18.3 Å². The Kier molecular flexibility index (Phi) is 5.11. The lowest BCUT2D eigenvalue weighted by Crippen LogP contribution is -2.27. The van der Waals surface area contributed by atoms with Crippen LogP contribution in [0.2, 0.25) is 0 Å². The van der Waals surface area contributed by atoms with Crippen LogP contribution >= 0.6 is 11.3 Å². The average Bonchev–Trinajstić information content (AvgIpc) is 3.31. The SMILES string of the molecule is CC(=O)Nc1ccc(-c2csc(NC(=O)Cn3cnc4c(cnn4C)c3=O)n2)cc1. The van der Waals surface area contributed by atoms with Crippen LogP contribution in [0, 0.1) is 0 Å². The zero-order valence-electron chi connectivity index (χ0n) is 16.1. The molecule has 0 aliphatic heterocycles. The maximum atomic E-state index is 12.5. The average molecular weight is 423 g/mol. The molecule has 2 N–H and O–H groups in total. The van der Waals surface area contributed by atoms with Gasteiger partial charge >= 0.3 is 0 Å². The third-order valence-corrected chi connectivity index (χ3v) is 5.04. The van der Waals surface area contributed by atoms with Crippen LogP contribution in [0.3, 0.4) is 0 Å². The maximum Gasteiger partial charge on any atom is 0.264 e. The number of nitrogens with zero attached hydrogens (tertiary/aromatic N) is 5. The molecule has 0 saturated carbocycles. The summed E-state index contributed by atoms with van der Waals surface area (Å²) < 4.78 is 2.73. The molecule has 1 aromatic carbocycles. The predicted octanol–water partition coefficient (Wildman–Crippen LogP) is 1.85. The van der Waals surface area contributed by atoms with E-state index in [2.05, 4.69) is 25.7 Å². The number of fused-ring (bicyclic) bond motifs is 1. The minimum Gasteiger partial charge on any atom is -0.326 e. The summed E-state index contributed by atoms with van der Waals surface area (Å²) in [5.41, 5.74) is 2.37. The zero-order valence-corrected chi connectivity index (χ0v) is 16.9. The van der Waals surface area contributed by atoms with Crippen molar-refractivity contribution in [3.8, 4) is 11.3 Å². The molecule has 0 atom stereocenters. The summed E-state index contributed by atoms with van der Waals surface area (Å²) in [6.07, 6.45) is 2.76. The molecule has 10 nitrogen and oxygen atoms in total. The number of thiazole rings is 1. The first-order valence-electron chi connectivity index (χ1n) is 8.91. The van der Waals surface area contributed by atoms with Gasteiger partial charge in [0, 0.05) is 30.6 Å². The molecule has 0 aliphatic rings. The Bertz CT molecular complexity index is 1300. The van der Waals surface area contributed by atoms with Crippen LogP contribution in [0.5, 0.6) is 0 Å². The van der Waals surface area contributed by atoms with Crippen LogP contribution in [0.4, 0.5) is 10.8 Å². The third-order valence-electron chi connectivity index (χ3n) is 4.28. The van der Waals surface area contributed by atoms with Gasteiger partial charge in [0.15, 0.2) is 10.8 Å². The third kappa shape index (κ3) is 3.96. The number of aryl methyl sites for hydroxylation is 1. The minimum atomic E-state index is -0.385. The van der Waals surface area contributed by atoms with Crippen molar-refractivity contribution in [1.29, 1.82) is 0 Å². The number of nitrogens with one attached hydrogen (secondary N) is 2. The number of amides is 2. The molecule has 152 valence electrons. The monoisotopic (exact) mass is 423 g/mol. The van der Waals surface area contributed by atoms with Gasteiger partial charge in [-0.2, -0.15) is 5.10 Å². The van der Waals surface area contributed by atoms with Gasteiger partial charge < -0.3 is 10.6 Å². The first-order valence-corrected chi connectivity index (χ1v) is 9.79. The van der Waals surface area contributed by atoms with Gasteiger partial charge in [-0.05, 0) is 12.1 Å². The highest BCUT2D eigenvalue weighted by Gasteiger charge is 2.13. The Labute approximate surface area is 174 Å². The van der Waals surface area contributed by atoms with Crippen molar-refractivity contribution in [2.24, 2.45) is 7.05 Å². The number of carbonyl (C=O) groups is 2. The van der Waals surface area contributed by atoms with E-state index in [0.717, 1.165) is 5.56 Å². The maximum absolute atomic E-state index is 12.5. The number of rotatable bonds is 5. The summed E-state index contributed by atoms with van der Waals surface area (Å²) in [7, 11) is 1.69. The summed E-state index contributed by atoms with van der Waals surface area (Å²) in [6, 6.07) is 7.23. The first-order chi connectivity index (χ1) is 14.4. The second-order valence-corrected chi connectivity index (χ2v) is 7.39. The molecule has 0 saturated heterocycles. The van der Waals surface area contributed by atoms with Crippen molar-refractivity contribution in [3.63, 3.8) is 0 Å². The standard InChI is InChI=1S/C19H17N7O3S/c1-11(27)22-13-5-3-12(4-6-13)15-9-30-19(23-15)24-16(28)8-26-10-20-17-14(18(26)29)7-21-25(17)2/h3-7,9-10H,8H2,1-2H3,(H,22,27)(H,23,24,28). The van der Waals surface area contributed by atoms with E-state index in [1.165, 1.54) is 40.0 Å². The minimum absolute atomic E-state index is 0.140. The predicted molar refractivity (Wildman–Crippen MR) is 113 cm³/mol. The molecular weight excluding hydrogens is 406 g/mol. The van der Waals surface area contributed by atoms with E-state index in [9.17, 15) is 14.4 Å². The fourth-order valence-electron chi connectivity index (χ4n) is 2.88. The molecule has 3 aromatic heterocycles. The van der Waals surface area contributed by atoms with E-state index in [1.807, 2.05) is 17.5 Å². The number of hydrogen-bond donors (Lipinski definition) is 2. The Morgan fingerprint density at radius 2 is 1.93 bits per heavy atom. The zero-order chi connectivity index (χ0) is 21.3. The van der Waals surface area contributed by atoms with E-state index < -0.39 is 0 Å². The summed E-state index contributed by atoms with van der Waals surface area (Å²) in [4.78, 5) is 44.5. The Morgan fingerprint density at radius 3 is 2.67 bits per heavy atom. The molecule has 4 aromatic rings. The van der Waals surface area contributed by atoms with Crippen molar-refractivity contribution >= 4 is 45.0 Å². The molecule has 2 amide bonds. The molecule has 0 bridgehead atoms. The van der Waals surface area contributed by atoms with Gasteiger partial charge in [-0.25, -0.2) is 9.97 Å². The van der Waals surface area contributed by atoms with Crippen LogP contribution in [-0.4, -0.2) is 36.1 Å². The van der Waals surface area contributed by atoms with Gasteiger partial charge in [-0.1, -0.05) is 12.1 Å². The normalized spacial score (nSPS) is 10.9. The fraction of sp³-hybridized carbons (Fsp3) is 0.158. The lowest BCUT2D eigenvalue weighted by Gasteiger charge is -2.05. The lowest BCUT2D eigenvalue weighted by molar-refractivity contribution is -0.117. The number of benzene rings is 1. The molecule has 0 aliphatic carbocycles. The van der Waals surface area contributed by atoms with E-state index in [1.54, 1.807) is 19.2 Å². The molecule has 0 fully saturated rings. The van der Waals surface area contributed by atoms with Crippen molar-refractivity contribution < 1.29 is 9.59 Å². The second-order valence-electron chi connectivity index (χ2n) is 6.53. The highest BCUT2D eigenvalue weighted by molar-refractivity contribution is 7.14.